The lowest BCUT2D eigenvalue weighted by Crippen LogP contribution is -2.30. The summed E-state index contributed by atoms with van der Waals surface area (Å²) in [4.78, 5) is 8.96. The molecule has 3 rings (SSSR count). The Balaban J connectivity index is 1.77. The summed E-state index contributed by atoms with van der Waals surface area (Å²) in [5.74, 6) is 1.99. The Kier molecular flexibility index (Phi) is 6.28. The summed E-state index contributed by atoms with van der Waals surface area (Å²) in [6.07, 6.45) is 4.51. The number of benzene rings is 1. The van der Waals surface area contributed by atoms with E-state index in [1.807, 2.05) is 31.2 Å². The molecular weight excluding hydrogens is 366 g/mol. The SMILES string of the molecule is CCOc1ccc(OCc2ncc(S(C)(=O)=O)c([C@@H]3CCCNC3)n2)cc1. The van der Waals surface area contributed by atoms with Crippen LogP contribution in [-0.4, -0.2) is 44.3 Å². The van der Waals surface area contributed by atoms with Crippen LogP contribution >= 0.6 is 0 Å². The van der Waals surface area contributed by atoms with Crippen LogP contribution in [-0.2, 0) is 16.4 Å². The highest BCUT2D eigenvalue weighted by molar-refractivity contribution is 7.90. The van der Waals surface area contributed by atoms with Gasteiger partial charge in [-0.25, -0.2) is 18.4 Å². The number of ether oxygens (including phenoxy) is 2. The molecule has 1 aromatic carbocycles. The van der Waals surface area contributed by atoms with E-state index in [0.29, 0.717) is 23.9 Å². The lowest BCUT2D eigenvalue weighted by molar-refractivity contribution is 0.292. The molecule has 1 saturated heterocycles. The smallest absolute Gasteiger partial charge is 0.178 e. The third-order valence-corrected chi connectivity index (χ3v) is 5.53. The number of sulfone groups is 1. The average Bonchev–Trinajstić information content (AvgIpc) is 2.67. The van der Waals surface area contributed by atoms with Crippen LogP contribution in [0.3, 0.4) is 0 Å². The van der Waals surface area contributed by atoms with Gasteiger partial charge in [0.25, 0.3) is 0 Å². The molecular formula is C19H25N3O4S. The van der Waals surface area contributed by atoms with Gasteiger partial charge in [-0.3, -0.25) is 0 Å². The Morgan fingerprint density at radius 1 is 1.19 bits per heavy atom. The van der Waals surface area contributed by atoms with Crippen molar-refractivity contribution >= 4 is 9.84 Å². The van der Waals surface area contributed by atoms with Gasteiger partial charge in [0, 0.05) is 24.9 Å². The van der Waals surface area contributed by atoms with Crippen LogP contribution in [0.1, 0.15) is 37.2 Å². The van der Waals surface area contributed by atoms with Crippen LogP contribution in [0.5, 0.6) is 11.5 Å². The topological polar surface area (TPSA) is 90.4 Å². The molecule has 1 atom stereocenters. The zero-order valence-electron chi connectivity index (χ0n) is 15.6. The second-order valence-corrected chi connectivity index (χ2v) is 8.53. The van der Waals surface area contributed by atoms with Gasteiger partial charge in [0.1, 0.15) is 23.0 Å². The van der Waals surface area contributed by atoms with E-state index in [2.05, 4.69) is 15.3 Å². The van der Waals surface area contributed by atoms with E-state index in [9.17, 15) is 8.42 Å². The summed E-state index contributed by atoms with van der Waals surface area (Å²) in [7, 11) is -3.38. The molecule has 7 nitrogen and oxygen atoms in total. The second kappa shape index (κ2) is 8.67. The van der Waals surface area contributed by atoms with Crippen molar-refractivity contribution < 1.29 is 17.9 Å². The van der Waals surface area contributed by atoms with Crippen molar-refractivity contribution in [3.63, 3.8) is 0 Å². The van der Waals surface area contributed by atoms with Crippen molar-refractivity contribution in [1.29, 1.82) is 0 Å². The predicted octanol–water partition coefficient (Wildman–Crippen LogP) is 2.32. The Labute approximate surface area is 160 Å². The van der Waals surface area contributed by atoms with Crippen molar-refractivity contribution in [3.05, 3.63) is 42.0 Å². The van der Waals surface area contributed by atoms with E-state index in [4.69, 9.17) is 9.47 Å². The van der Waals surface area contributed by atoms with Crippen LogP contribution in [0.25, 0.3) is 0 Å². The Bertz CT molecular complexity index is 863. The molecule has 2 heterocycles. The molecule has 0 bridgehead atoms. The monoisotopic (exact) mass is 391 g/mol. The molecule has 1 fully saturated rings. The minimum Gasteiger partial charge on any atom is -0.494 e. The third-order valence-electron chi connectivity index (χ3n) is 4.42. The Hall–Kier alpha value is -2.19. The molecule has 1 aliphatic rings. The van der Waals surface area contributed by atoms with Crippen LogP contribution in [0.4, 0.5) is 0 Å². The molecule has 1 N–H and O–H groups in total. The first-order valence-electron chi connectivity index (χ1n) is 9.09. The van der Waals surface area contributed by atoms with Gasteiger partial charge in [-0.15, -0.1) is 0 Å². The molecule has 1 aromatic heterocycles. The highest BCUT2D eigenvalue weighted by Gasteiger charge is 2.25. The molecule has 2 aromatic rings. The normalized spacial score (nSPS) is 17.5. The first-order chi connectivity index (χ1) is 13.0. The summed E-state index contributed by atoms with van der Waals surface area (Å²) < 4.78 is 35.4. The number of hydrogen-bond donors (Lipinski definition) is 1. The van der Waals surface area contributed by atoms with Crippen molar-refractivity contribution in [2.24, 2.45) is 0 Å². The maximum atomic E-state index is 12.1. The van der Waals surface area contributed by atoms with Gasteiger partial charge in [-0.1, -0.05) is 0 Å². The molecule has 146 valence electrons. The van der Waals surface area contributed by atoms with Gasteiger partial charge in [0.2, 0.25) is 0 Å². The lowest BCUT2D eigenvalue weighted by Gasteiger charge is -2.24. The summed E-state index contributed by atoms with van der Waals surface area (Å²) in [6, 6.07) is 7.32. The minimum atomic E-state index is -3.38. The molecule has 0 amide bonds. The molecule has 0 unspecified atom stereocenters. The Morgan fingerprint density at radius 3 is 2.48 bits per heavy atom. The minimum absolute atomic E-state index is 0.0655. The van der Waals surface area contributed by atoms with Gasteiger partial charge in [0.15, 0.2) is 15.7 Å². The molecule has 0 spiro atoms. The molecule has 27 heavy (non-hydrogen) atoms. The van der Waals surface area contributed by atoms with Crippen LogP contribution < -0.4 is 14.8 Å². The van der Waals surface area contributed by atoms with E-state index in [0.717, 1.165) is 31.7 Å². The zero-order chi connectivity index (χ0) is 19.3. The average molecular weight is 391 g/mol. The Morgan fingerprint density at radius 2 is 1.89 bits per heavy atom. The maximum absolute atomic E-state index is 12.1. The van der Waals surface area contributed by atoms with E-state index in [-0.39, 0.29) is 17.4 Å². The largest absolute Gasteiger partial charge is 0.494 e. The molecule has 8 heteroatoms. The van der Waals surface area contributed by atoms with Crippen LogP contribution in [0, 0.1) is 0 Å². The quantitative estimate of drug-likeness (QED) is 0.774. The van der Waals surface area contributed by atoms with E-state index in [1.54, 1.807) is 0 Å². The van der Waals surface area contributed by atoms with E-state index >= 15 is 0 Å². The van der Waals surface area contributed by atoms with Gasteiger partial charge >= 0.3 is 0 Å². The number of piperidine rings is 1. The van der Waals surface area contributed by atoms with Gasteiger partial charge < -0.3 is 14.8 Å². The van der Waals surface area contributed by atoms with Crippen molar-refractivity contribution in [3.8, 4) is 11.5 Å². The van der Waals surface area contributed by atoms with Crippen molar-refractivity contribution in [2.45, 2.75) is 37.2 Å². The fraction of sp³-hybridized carbons (Fsp3) is 0.474. The van der Waals surface area contributed by atoms with E-state index in [1.165, 1.54) is 12.5 Å². The van der Waals surface area contributed by atoms with Crippen molar-refractivity contribution in [1.82, 2.24) is 15.3 Å². The zero-order valence-corrected chi connectivity index (χ0v) is 16.5. The summed E-state index contributed by atoms with van der Waals surface area (Å²) in [5.41, 5.74) is 0.588. The first kappa shape index (κ1) is 19.6. The highest BCUT2D eigenvalue weighted by Crippen LogP contribution is 2.27. The van der Waals surface area contributed by atoms with Crippen LogP contribution in [0.15, 0.2) is 35.4 Å². The van der Waals surface area contributed by atoms with Gasteiger partial charge in [-0.2, -0.15) is 0 Å². The third kappa shape index (κ3) is 5.17. The fourth-order valence-corrected chi connectivity index (χ4v) is 3.94. The van der Waals surface area contributed by atoms with Crippen LogP contribution in [0.2, 0.25) is 0 Å². The highest BCUT2D eigenvalue weighted by atomic mass is 32.2. The number of aromatic nitrogens is 2. The van der Waals surface area contributed by atoms with Gasteiger partial charge in [0.05, 0.1) is 12.3 Å². The number of nitrogens with one attached hydrogen (secondary N) is 1. The predicted molar refractivity (Wildman–Crippen MR) is 102 cm³/mol. The maximum Gasteiger partial charge on any atom is 0.178 e. The van der Waals surface area contributed by atoms with Crippen molar-refractivity contribution in [2.75, 3.05) is 26.0 Å². The molecule has 0 radical (unpaired) electrons. The number of rotatable bonds is 7. The number of hydrogen-bond acceptors (Lipinski definition) is 7. The molecule has 0 saturated carbocycles. The van der Waals surface area contributed by atoms with Gasteiger partial charge in [-0.05, 0) is 50.6 Å². The summed E-state index contributed by atoms with van der Waals surface area (Å²) in [5, 5.41) is 3.31. The lowest BCUT2D eigenvalue weighted by atomic mass is 9.96. The first-order valence-corrected chi connectivity index (χ1v) is 11.0. The molecule has 1 aliphatic heterocycles. The standard InChI is InChI=1S/C19H25N3O4S/c1-3-25-15-6-8-16(9-7-15)26-13-18-21-12-17(27(2,23)24)19(22-18)14-5-4-10-20-11-14/h6-9,12,14,20H,3-5,10-11,13H2,1-2H3/t14-/m1/s1. The fourth-order valence-electron chi connectivity index (χ4n) is 3.10. The van der Waals surface area contributed by atoms with E-state index < -0.39 is 9.84 Å². The molecule has 0 aliphatic carbocycles. The summed E-state index contributed by atoms with van der Waals surface area (Å²) in [6.45, 7) is 4.38. The number of nitrogens with zero attached hydrogens (tertiary/aromatic N) is 2. The summed E-state index contributed by atoms with van der Waals surface area (Å²) >= 11 is 0. The second-order valence-electron chi connectivity index (χ2n) is 6.54.